The Morgan fingerprint density at radius 2 is 1.75 bits per heavy atom. The van der Waals surface area contributed by atoms with Gasteiger partial charge in [0.2, 0.25) is 0 Å². The summed E-state index contributed by atoms with van der Waals surface area (Å²) < 4.78 is 5.45. The zero-order valence-corrected chi connectivity index (χ0v) is 9.61. The Morgan fingerprint density at radius 1 is 1.12 bits per heavy atom. The molecule has 0 atom stereocenters. The summed E-state index contributed by atoms with van der Waals surface area (Å²) in [7, 11) is 0. The summed E-state index contributed by atoms with van der Waals surface area (Å²) in [5.74, 6) is 0.722. The third-order valence-corrected chi connectivity index (χ3v) is 2.33. The number of hydrogen-bond donors (Lipinski definition) is 0. The van der Waals surface area contributed by atoms with Crippen LogP contribution in [0, 0.1) is 0 Å². The molecule has 0 saturated heterocycles. The first-order valence-electron chi connectivity index (χ1n) is 5.02. The smallest absolute Gasteiger partial charge is 0.321 e. The fourth-order valence-electron chi connectivity index (χ4n) is 1.25. The van der Waals surface area contributed by atoms with Crippen molar-refractivity contribution in [2.45, 2.75) is 13.3 Å². The first-order chi connectivity index (χ1) is 7.78. The minimum Gasteiger partial charge on any atom is -0.424 e. The van der Waals surface area contributed by atoms with E-state index >= 15 is 0 Å². The Balaban J connectivity index is 2.11. The van der Waals surface area contributed by atoms with Gasteiger partial charge in [0, 0.05) is 0 Å². The van der Waals surface area contributed by atoms with E-state index in [1.165, 1.54) is 18.0 Å². The maximum Gasteiger partial charge on any atom is 0.321 e. The predicted octanol–water partition coefficient (Wildman–Crippen LogP) is 3.48. The highest BCUT2D eigenvalue weighted by Gasteiger charge is 1.99. The van der Waals surface area contributed by atoms with Crippen molar-refractivity contribution in [3.05, 3.63) is 47.2 Å². The van der Waals surface area contributed by atoms with Crippen LogP contribution in [0.2, 0.25) is 5.02 Å². The van der Waals surface area contributed by atoms with Crippen molar-refractivity contribution in [3.63, 3.8) is 0 Å². The van der Waals surface area contributed by atoms with Crippen LogP contribution >= 0.6 is 11.6 Å². The van der Waals surface area contributed by atoms with Crippen LogP contribution in [-0.2, 0) is 6.42 Å². The number of hydrogen-bond acceptors (Lipinski definition) is 3. The number of nitrogens with zero attached hydrogens (tertiary/aromatic N) is 2. The molecule has 0 spiro atoms. The van der Waals surface area contributed by atoms with Gasteiger partial charge in [-0.1, -0.05) is 30.7 Å². The lowest BCUT2D eigenvalue weighted by molar-refractivity contribution is 0.441. The van der Waals surface area contributed by atoms with Gasteiger partial charge < -0.3 is 4.74 Å². The summed E-state index contributed by atoms with van der Waals surface area (Å²) in [5, 5.41) is 0.494. The van der Waals surface area contributed by atoms with Crippen LogP contribution in [0.15, 0.2) is 36.7 Å². The minimum atomic E-state index is 0.300. The highest BCUT2D eigenvalue weighted by Crippen LogP contribution is 2.18. The number of benzene rings is 1. The van der Waals surface area contributed by atoms with Gasteiger partial charge in [-0.2, -0.15) is 0 Å². The van der Waals surface area contributed by atoms with Crippen molar-refractivity contribution in [1.29, 1.82) is 0 Å². The number of halogens is 1. The van der Waals surface area contributed by atoms with Gasteiger partial charge in [-0.3, -0.25) is 0 Å². The maximum atomic E-state index is 5.67. The fraction of sp³-hybridized carbons (Fsp3) is 0.167. The summed E-state index contributed by atoms with van der Waals surface area (Å²) in [5.41, 5.74) is 1.27. The van der Waals surface area contributed by atoms with Crippen molar-refractivity contribution in [2.75, 3.05) is 0 Å². The van der Waals surface area contributed by atoms with E-state index in [1.54, 1.807) is 0 Å². The van der Waals surface area contributed by atoms with E-state index in [0.29, 0.717) is 11.0 Å². The lowest BCUT2D eigenvalue weighted by Crippen LogP contribution is -1.91. The molecule has 0 radical (unpaired) electrons. The second-order valence-electron chi connectivity index (χ2n) is 3.28. The number of rotatable bonds is 3. The van der Waals surface area contributed by atoms with E-state index < -0.39 is 0 Å². The van der Waals surface area contributed by atoms with Crippen LogP contribution in [0.5, 0.6) is 11.8 Å². The number of aromatic nitrogens is 2. The van der Waals surface area contributed by atoms with Crippen LogP contribution in [0.4, 0.5) is 0 Å². The molecule has 4 heteroatoms. The molecule has 2 aromatic rings. The zero-order valence-electron chi connectivity index (χ0n) is 8.85. The van der Waals surface area contributed by atoms with Gasteiger partial charge in [0.05, 0.1) is 17.4 Å². The highest BCUT2D eigenvalue weighted by atomic mass is 35.5. The first-order valence-corrected chi connectivity index (χ1v) is 5.40. The highest BCUT2D eigenvalue weighted by molar-refractivity contribution is 6.30. The molecule has 0 aliphatic carbocycles. The number of aryl methyl sites for hydroxylation is 1. The molecule has 0 saturated carbocycles. The maximum absolute atomic E-state index is 5.67. The van der Waals surface area contributed by atoms with Gasteiger partial charge in [0.15, 0.2) is 0 Å². The van der Waals surface area contributed by atoms with Crippen LogP contribution in [0.3, 0.4) is 0 Å². The second kappa shape index (κ2) is 4.94. The monoisotopic (exact) mass is 234 g/mol. The number of ether oxygens (including phenoxy) is 1. The van der Waals surface area contributed by atoms with Crippen molar-refractivity contribution >= 4 is 11.6 Å². The molecule has 0 unspecified atom stereocenters. The summed E-state index contributed by atoms with van der Waals surface area (Å²) in [4.78, 5) is 7.90. The first kappa shape index (κ1) is 10.9. The minimum absolute atomic E-state index is 0.300. The van der Waals surface area contributed by atoms with Crippen molar-refractivity contribution in [3.8, 4) is 11.8 Å². The standard InChI is InChI=1S/C12H11ClN2O/c1-2-9-3-5-11(6-4-9)16-12-14-7-10(13)8-15-12/h3-8H,2H2,1H3. The largest absolute Gasteiger partial charge is 0.424 e. The molecule has 0 aliphatic heterocycles. The normalized spacial score (nSPS) is 10.1. The van der Waals surface area contributed by atoms with Crippen LogP contribution in [0.1, 0.15) is 12.5 Å². The van der Waals surface area contributed by atoms with Crippen LogP contribution in [0.25, 0.3) is 0 Å². The zero-order chi connectivity index (χ0) is 11.4. The lowest BCUT2D eigenvalue weighted by atomic mass is 10.2. The molecule has 1 heterocycles. The van der Waals surface area contributed by atoms with Crippen LogP contribution in [-0.4, -0.2) is 9.97 Å². The van der Waals surface area contributed by atoms with Crippen molar-refractivity contribution in [1.82, 2.24) is 9.97 Å². The molecule has 0 N–H and O–H groups in total. The van der Waals surface area contributed by atoms with E-state index in [0.717, 1.165) is 12.2 Å². The van der Waals surface area contributed by atoms with E-state index in [-0.39, 0.29) is 0 Å². The molecular formula is C12H11ClN2O. The molecule has 16 heavy (non-hydrogen) atoms. The average molecular weight is 235 g/mol. The van der Waals surface area contributed by atoms with Gasteiger partial charge in [0.1, 0.15) is 5.75 Å². The summed E-state index contributed by atoms with van der Waals surface area (Å²) in [6, 6.07) is 8.14. The third kappa shape index (κ3) is 2.70. The summed E-state index contributed by atoms with van der Waals surface area (Å²) in [6.07, 6.45) is 4.02. The Labute approximate surface area is 99.1 Å². The molecule has 0 bridgehead atoms. The van der Waals surface area contributed by atoms with Gasteiger partial charge in [-0.25, -0.2) is 9.97 Å². The van der Waals surface area contributed by atoms with Gasteiger partial charge in [-0.05, 0) is 24.1 Å². The lowest BCUT2D eigenvalue weighted by Gasteiger charge is -2.03. The molecule has 2 rings (SSSR count). The molecule has 0 fully saturated rings. The Bertz CT molecular complexity index is 453. The topological polar surface area (TPSA) is 35.0 Å². The van der Waals surface area contributed by atoms with E-state index in [9.17, 15) is 0 Å². The van der Waals surface area contributed by atoms with E-state index in [2.05, 4.69) is 16.9 Å². The molecule has 82 valence electrons. The summed E-state index contributed by atoms with van der Waals surface area (Å²) in [6.45, 7) is 2.11. The SMILES string of the molecule is CCc1ccc(Oc2ncc(Cl)cn2)cc1. The van der Waals surface area contributed by atoms with Crippen LogP contribution < -0.4 is 4.74 Å². The second-order valence-corrected chi connectivity index (χ2v) is 3.72. The average Bonchev–Trinajstić information content (AvgIpc) is 2.33. The van der Waals surface area contributed by atoms with E-state index in [1.807, 2.05) is 24.3 Å². The van der Waals surface area contributed by atoms with Crippen molar-refractivity contribution in [2.24, 2.45) is 0 Å². The Hall–Kier alpha value is -1.61. The molecular weight excluding hydrogens is 224 g/mol. The quantitative estimate of drug-likeness (QED) is 0.816. The molecule has 1 aromatic carbocycles. The predicted molar refractivity (Wildman–Crippen MR) is 62.9 cm³/mol. The molecule has 3 nitrogen and oxygen atoms in total. The van der Waals surface area contributed by atoms with Gasteiger partial charge in [-0.15, -0.1) is 0 Å². The Morgan fingerprint density at radius 3 is 2.31 bits per heavy atom. The molecule has 0 aliphatic rings. The van der Waals surface area contributed by atoms with Gasteiger partial charge in [0.25, 0.3) is 0 Å². The van der Waals surface area contributed by atoms with Gasteiger partial charge >= 0.3 is 6.01 Å². The molecule has 0 amide bonds. The third-order valence-electron chi connectivity index (χ3n) is 2.14. The Kier molecular flexibility index (Phi) is 3.37. The van der Waals surface area contributed by atoms with E-state index in [4.69, 9.17) is 16.3 Å². The molecule has 1 aromatic heterocycles. The fourth-order valence-corrected chi connectivity index (χ4v) is 1.35. The van der Waals surface area contributed by atoms with Crippen molar-refractivity contribution < 1.29 is 4.74 Å². The summed E-state index contributed by atoms with van der Waals surface area (Å²) >= 11 is 5.67.